The molecule has 0 unspecified atom stereocenters. The molecule has 1 heterocycles. The van der Waals surface area contributed by atoms with E-state index in [0.717, 1.165) is 46.7 Å². The maximum atomic E-state index is 12.6. The van der Waals surface area contributed by atoms with Gasteiger partial charge in [0, 0.05) is 5.69 Å². The van der Waals surface area contributed by atoms with Crippen molar-refractivity contribution >= 4 is 11.7 Å². The van der Waals surface area contributed by atoms with Crippen molar-refractivity contribution in [2.75, 3.05) is 18.5 Å². The van der Waals surface area contributed by atoms with Gasteiger partial charge in [-0.1, -0.05) is 24.3 Å². The molecule has 0 spiro atoms. The number of rotatable bonds is 3. The summed E-state index contributed by atoms with van der Waals surface area (Å²) < 4.78 is 11.2. The van der Waals surface area contributed by atoms with E-state index in [1.807, 2.05) is 50.2 Å². The van der Waals surface area contributed by atoms with Crippen LogP contribution in [0, 0.1) is 13.8 Å². The molecule has 0 aromatic heterocycles. The van der Waals surface area contributed by atoms with Crippen molar-refractivity contribution in [3.63, 3.8) is 0 Å². The number of para-hydroxylation sites is 1. The molecule has 2 aromatic rings. The number of anilines is 1. The van der Waals surface area contributed by atoms with Gasteiger partial charge in [0.1, 0.15) is 13.2 Å². The number of aryl methyl sites for hydroxylation is 2. The van der Waals surface area contributed by atoms with Gasteiger partial charge in [-0.05, 0) is 55.5 Å². The van der Waals surface area contributed by atoms with E-state index < -0.39 is 0 Å². The summed E-state index contributed by atoms with van der Waals surface area (Å²) in [4.78, 5) is 12.6. The summed E-state index contributed by atoms with van der Waals surface area (Å²) in [5.74, 6) is 1.53. The highest BCUT2D eigenvalue weighted by Gasteiger charge is 2.46. The molecule has 2 aromatic carbocycles. The molecule has 2 aliphatic rings. The zero-order chi connectivity index (χ0) is 17.4. The number of urea groups is 1. The van der Waals surface area contributed by atoms with Gasteiger partial charge in [-0.15, -0.1) is 0 Å². The van der Waals surface area contributed by atoms with E-state index in [0.29, 0.717) is 13.2 Å². The van der Waals surface area contributed by atoms with Crippen LogP contribution in [0.15, 0.2) is 36.4 Å². The van der Waals surface area contributed by atoms with Crippen molar-refractivity contribution in [2.24, 2.45) is 0 Å². The van der Waals surface area contributed by atoms with Crippen LogP contribution in [0.5, 0.6) is 11.5 Å². The van der Waals surface area contributed by atoms with Gasteiger partial charge in [0.15, 0.2) is 11.5 Å². The van der Waals surface area contributed by atoms with Crippen molar-refractivity contribution in [2.45, 2.75) is 32.2 Å². The minimum Gasteiger partial charge on any atom is -0.486 e. The molecule has 1 aliphatic carbocycles. The third-order valence-corrected chi connectivity index (χ3v) is 4.92. The van der Waals surface area contributed by atoms with Crippen LogP contribution in [0.3, 0.4) is 0 Å². The minimum atomic E-state index is -0.309. The second-order valence-electron chi connectivity index (χ2n) is 6.79. The second kappa shape index (κ2) is 5.99. The van der Waals surface area contributed by atoms with Gasteiger partial charge in [0.2, 0.25) is 0 Å². The van der Waals surface area contributed by atoms with E-state index in [4.69, 9.17) is 9.47 Å². The third kappa shape index (κ3) is 3.02. The Kier molecular flexibility index (Phi) is 3.79. The Morgan fingerprint density at radius 3 is 2.36 bits per heavy atom. The van der Waals surface area contributed by atoms with Crippen LogP contribution in [-0.4, -0.2) is 19.2 Å². The Bertz CT molecular complexity index is 807. The number of hydrogen-bond donors (Lipinski definition) is 2. The summed E-state index contributed by atoms with van der Waals surface area (Å²) in [6.07, 6.45) is 1.85. The number of ether oxygens (including phenoxy) is 2. The summed E-state index contributed by atoms with van der Waals surface area (Å²) in [5, 5.41) is 6.15. The van der Waals surface area contributed by atoms with Gasteiger partial charge in [0.25, 0.3) is 0 Å². The molecule has 0 saturated heterocycles. The van der Waals surface area contributed by atoms with Crippen molar-refractivity contribution < 1.29 is 14.3 Å². The average Bonchev–Trinajstić information content (AvgIpc) is 3.38. The Balaban J connectivity index is 1.51. The summed E-state index contributed by atoms with van der Waals surface area (Å²) >= 11 is 0. The van der Waals surface area contributed by atoms with Crippen molar-refractivity contribution in [1.82, 2.24) is 5.32 Å². The minimum absolute atomic E-state index is 0.176. The Morgan fingerprint density at radius 1 is 1.00 bits per heavy atom. The number of carbonyl (C=O) groups is 1. The molecule has 130 valence electrons. The van der Waals surface area contributed by atoms with Crippen molar-refractivity contribution in [3.05, 3.63) is 53.1 Å². The van der Waals surface area contributed by atoms with Crippen molar-refractivity contribution in [1.29, 1.82) is 0 Å². The number of benzene rings is 2. The molecule has 5 nitrogen and oxygen atoms in total. The lowest BCUT2D eigenvalue weighted by Crippen LogP contribution is -2.38. The van der Waals surface area contributed by atoms with Gasteiger partial charge in [0.05, 0.1) is 5.54 Å². The van der Waals surface area contributed by atoms with Crippen LogP contribution in [0.25, 0.3) is 0 Å². The lowest BCUT2D eigenvalue weighted by Gasteiger charge is -2.23. The van der Waals surface area contributed by atoms with Crippen LogP contribution in [-0.2, 0) is 5.54 Å². The normalized spacial score (nSPS) is 16.9. The van der Waals surface area contributed by atoms with Crippen LogP contribution < -0.4 is 20.1 Å². The first-order valence-corrected chi connectivity index (χ1v) is 8.63. The molecule has 1 fully saturated rings. The van der Waals surface area contributed by atoms with Crippen molar-refractivity contribution in [3.8, 4) is 11.5 Å². The maximum Gasteiger partial charge on any atom is 0.319 e. The molecule has 5 heteroatoms. The smallest absolute Gasteiger partial charge is 0.319 e. The van der Waals surface area contributed by atoms with Gasteiger partial charge in [-0.25, -0.2) is 4.79 Å². The highest BCUT2D eigenvalue weighted by atomic mass is 16.6. The topological polar surface area (TPSA) is 59.6 Å². The Hall–Kier alpha value is -2.69. The predicted molar refractivity (Wildman–Crippen MR) is 96.4 cm³/mol. The van der Waals surface area contributed by atoms with Crippen LogP contribution >= 0.6 is 0 Å². The highest BCUT2D eigenvalue weighted by molar-refractivity contribution is 5.91. The molecule has 2 N–H and O–H groups in total. The highest BCUT2D eigenvalue weighted by Crippen LogP contribution is 2.47. The third-order valence-electron chi connectivity index (χ3n) is 4.92. The second-order valence-corrected chi connectivity index (χ2v) is 6.79. The molecular formula is C20H22N2O3. The van der Waals surface area contributed by atoms with Crippen LogP contribution in [0.1, 0.15) is 29.5 Å². The fourth-order valence-corrected chi connectivity index (χ4v) is 3.33. The quantitative estimate of drug-likeness (QED) is 0.893. The SMILES string of the molecule is Cc1cccc(C)c1NC(=O)NC1(c2ccc3c(c2)OCCO3)CC1. The van der Waals surface area contributed by atoms with Crippen LogP contribution in [0.2, 0.25) is 0 Å². The fraction of sp³-hybridized carbons (Fsp3) is 0.350. The van der Waals surface area contributed by atoms with Gasteiger partial charge in [-0.3, -0.25) is 0 Å². The first kappa shape index (κ1) is 15.8. The number of hydrogen-bond acceptors (Lipinski definition) is 3. The molecular weight excluding hydrogens is 316 g/mol. The van der Waals surface area contributed by atoms with Gasteiger partial charge in [-0.2, -0.15) is 0 Å². The Labute approximate surface area is 147 Å². The van der Waals surface area contributed by atoms with E-state index >= 15 is 0 Å². The molecule has 1 saturated carbocycles. The van der Waals surface area contributed by atoms with E-state index in [1.165, 1.54) is 0 Å². The number of amides is 2. The lowest BCUT2D eigenvalue weighted by atomic mass is 10.0. The maximum absolute atomic E-state index is 12.6. The van der Waals surface area contributed by atoms with Gasteiger partial charge >= 0.3 is 6.03 Å². The number of nitrogens with one attached hydrogen (secondary N) is 2. The molecule has 4 rings (SSSR count). The lowest BCUT2D eigenvalue weighted by molar-refractivity contribution is 0.171. The van der Waals surface area contributed by atoms with Gasteiger partial charge < -0.3 is 20.1 Å². The monoisotopic (exact) mass is 338 g/mol. The molecule has 0 bridgehead atoms. The summed E-state index contributed by atoms with van der Waals surface area (Å²) in [7, 11) is 0. The first-order chi connectivity index (χ1) is 12.1. The van der Waals surface area contributed by atoms with Crippen LogP contribution in [0.4, 0.5) is 10.5 Å². The Morgan fingerprint density at radius 2 is 1.68 bits per heavy atom. The summed E-state index contributed by atoms with van der Waals surface area (Å²) in [6, 6.07) is 11.7. The van der Waals surface area contributed by atoms with E-state index in [9.17, 15) is 4.79 Å². The van der Waals surface area contributed by atoms with E-state index in [-0.39, 0.29) is 11.6 Å². The average molecular weight is 338 g/mol. The summed E-state index contributed by atoms with van der Waals surface area (Å²) in [6.45, 7) is 5.13. The predicted octanol–water partition coefficient (Wildman–Crippen LogP) is 3.89. The zero-order valence-corrected chi connectivity index (χ0v) is 14.5. The first-order valence-electron chi connectivity index (χ1n) is 8.63. The van der Waals surface area contributed by atoms with E-state index in [2.05, 4.69) is 10.6 Å². The standard InChI is InChI=1S/C20H22N2O3/c1-13-4-3-5-14(2)18(13)21-19(23)22-20(8-9-20)15-6-7-16-17(12-15)25-11-10-24-16/h3-7,12H,8-11H2,1-2H3,(H2,21,22,23). The zero-order valence-electron chi connectivity index (χ0n) is 14.5. The molecule has 0 atom stereocenters. The van der Waals surface area contributed by atoms with E-state index in [1.54, 1.807) is 0 Å². The molecule has 0 radical (unpaired) electrons. The molecule has 2 amide bonds. The summed E-state index contributed by atoms with van der Waals surface area (Å²) in [5.41, 5.74) is 3.74. The largest absolute Gasteiger partial charge is 0.486 e. The fourth-order valence-electron chi connectivity index (χ4n) is 3.33. The molecule has 1 aliphatic heterocycles. The molecule has 25 heavy (non-hydrogen) atoms. The number of fused-ring (bicyclic) bond motifs is 1. The number of carbonyl (C=O) groups excluding carboxylic acids is 1.